The van der Waals surface area contributed by atoms with Gasteiger partial charge in [0.25, 0.3) is 0 Å². The van der Waals surface area contributed by atoms with E-state index in [1.54, 1.807) is 0 Å². The average molecular weight is 243 g/mol. The minimum absolute atomic E-state index is 0.121. The molecule has 1 heterocycles. The van der Waals surface area contributed by atoms with Crippen molar-refractivity contribution in [3.8, 4) is 0 Å². The lowest BCUT2D eigenvalue weighted by Gasteiger charge is -2.18. The van der Waals surface area contributed by atoms with Gasteiger partial charge in [-0.05, 0) is 18.4 Å². The maximum absolute atomic E-state index is 13.7. The lowest BCUT2D eigenvalue weighted by atomic mass is 9.88. The van der Waals surface area contributed by atoms with Crippen LogP contribution in [0.25, 0.3) is 0 Å². The molecule has 0 amide bonds. The van der Waals surface area contributed by atoms with Gasteiger partial charge in [0.15, 0.2) is 6.17 Å². The summed E-state index contributed by atoms with van der Waals surface area (Å²) in [6, 6.07) is 0. The van der Waals surface area contributed by atoms with Gasteiger partial charge in [0.2, 0.25) is 0 Å². The zero-order chi connectivity index (χ0) is 11.1. The van der Waals surface area contributed by atoms with Crippen LogP contribution in [0.3, 0.4) is 0 Å². The van der Waals surface area contributed by atoms with E-state index < -0.39 is 6.17 Å². The second-order valence-electron chi connectivity index (χ2n) is 4.95. The first kappa shape index (κ1) is 10.6. The largest absolute Gasteiger partial charge is 0.491 e. The van der Waals surface area contributed by atoms with Crippen molar-refractivity contribution >= 4 is 11.6 Å². The number of allylic oxidation sites excluding steroid dienone is 3. The summed E-state index contributed by atoms with van der Waals surface area (Å²) in [4.78, 5) is 0. The van der Waals surface area contributed by atoms with Crippen LogP contribution in [-0.2, 0) is 4.74 Å². The lowest BCUT2D eigenvalue weighted by Crippen LogP contribution is -2.19. The third kappa shape index (κ3) is 1.67. The minimum atomic E-state index is -0.930. The molecule has 3 aliphatic rings. The van der Waals surface area contributed by atoms with E-state index in [4.69, 9.17) is 16.3 Å². The summed E-state index contributed by atoms with van der Waals surface area (Å²) in [7, 11) is 0. The summed E-state index contributed by atoms with van der Waals surface area (Å²) >= 11 is 6.21. The fourth-order valence-corrected chi connectivity index (χ4v) is 3.39. The van der Waals surface area contributed by atoms with Crippen molar-refractivity contribution in [3.05, 3.63) is 23.5 Å². The SMILES string of the molecule is FC1CC=CC2=C1OC1CC(Cl)CCCC21. The number of fused-ring (bicyclic) bond motifs is 2. The predicted octanol–water partition coefficient (Wildman–Crippen LogP) is 3.73. The van der Waals surface area contributed by atoms with Gasteiger partial charge in [-0.3, -0.25) is 0 Å². The molecule has 0 bridgehead atoms. The highest BCUT2D eigenvalue weighted by Crippen LogP contribution is 2.44. The Hall–Kier alpha value is -0.500. The van der Waals surface area contributed by atoms with Crippen molar-refractivity contribution in [1.82, 2.24) is 0 Å². The molecule has 0 aromatic heterocycles. The fraction of sp³-hybridized carbons (Fsp3) is 0.692. The monoisotopic (exact) mass is 242 g/mol. The molecule has 0 spiro atoms. The fourth-order valence-electron chi connectivity index (χ4n) is 3.06. The van der Waals surface area contributed by atoms with Gasteiger partial charge in [-0.2, -0.15) is 0 Å². The summed E-state index contributed by atoms with van der Waals surface area (Å²) in [6.45, 7) is 0. The van der Waals surface area contributed by atoms with Crippen molar-refractivity contribution in [3.63, 3.8) is 0 Å². The van der Waals surface area contributed by atoms with E-state index in [2.05, 4.69) is 6.08 Å². The molecule has 1 saturated carbocycles. The number of hydrogen-bond donors (Lipinski definition) is 0. The van der Waals surface area contributed by atoms with Crippen LogP contribution in [0, 0.1) is 5.92 Å². The highest BCUT2D eigenvalue weighted by molar-refractivity contribution is 6.20. The standard InChI is InChI=1S/C13H16ClFO/c14-8-3-1-4-9-10-5-2-6-11(15)13(10)16-12(9)7-8/h2,5,8-9,11-12H,1,3-4,6-7H2. The Morgan fingerprint density at radius 1 is 1.38 bits per heavy atom. The highest BCUT2D eigenvalue weighted by Gasteiger charge is 2.41. The Labute approximate surface area is 100 Å². The van der Waals surface area contributed by atoms with E-state index in [0.717, 1.165) is 31.3 Å². The van der Waals surface area contributed by atoms with Crippen LogP contribution in [0.1, 0.15) is 32.1 Å². The smallest absolute Gasteiger partial charge is 0.161 e. The quantitative estimate of drug-likeness (QED) is 0.588. The van der Waals surface area contributed by atoms with Gasteiger partial charge in [0, 0.05) is 24.1 Å². The van der Waals surface area contributed by atoms with Crippen molar-refractivity contribution < 1.29 is 9.13 Å². The summed E-state index contributed by atoms with van der Waals surface area (Å²) in [6.07, 6.45) is 7.77. The molecule has 3 rings (SSSR count). The molecule has 0 aromatic rings. The molecule has 1 fully saturated rings. The van der Waals surface area contributed by atoms with Crippen LogP contribution in [0.15, 0.2) is 23.5 Å². The number of rotatable bonds is 0. The number of halogens is 2. The van der Waals surface area contributed by atoms with Gasteiger partial charge in [-0.1, -0.05) is 18.6 Å². The van der Waals surface area contributed by atoms with Crippen molar-refractivity contribution in [2.75, 3.05) is 0 Å². The molecule has 0 aromatic carbocycles. The van der Waals surface area contributed by atoms with Gasteiger partial charge < -0.3 is 4.74 Å². The van der Waals surface area contributed by atoms with Gasteiger partial charge in [0.1, 0.15) is 11.9 Å². The van der Waals surface area contributed by atoms with Crippen molar-refractivity contribution in [2.45, 2.75) is 49.8 Å². The molecule has 2 aliphatic carbocycles. The van der Waals surface area contributed by atoms with E-state index >= 15 is 0 Å². The maximum Gasteiger partial charge on any atom is 0.161 e. The maximum atomic E-state index is 13.7. The van der Waals surface area contributed by atoms with E-state index in [-0.39, 0.29) is 11.5 Å². The first-order valence-corrected chi connectivity index (χ1v) is 6.54. The lowest BCUT2D eigenvalue weighted by molar-refractivity contribution is 0.0805. The molecule has 4 unspecified atom stereocenters. The van der Waals surface area contributed by atoms with Crippen LogP contribution >= 0.6 is 11.6 Å². The van der Waals surface area contributed by atoms with E-state index in [9.17, 15) is 4.39 Å². The molecule has 16 heavy (non-hydrogen) atoms. The Kier molecular flexibility index (Phi) is 2.70. The number of alkyl halides is 2. The van der Waals surface area contributed by atoms with Crippen LogP contribution in [-0.4, -0.2) is 17.7 Å². The Bertz CT molecular complexity index is 350. The summed E-state index contributed by atoms with van der Waals surface area (Å²) in [5, 5.41) is 0.193. The molecule has 1 aliphatic heterocycles. The van der Waals surface area contributed by atoms with Crippen LogP contribution < -0.4 is 0 Å². The van der Waals surface area contributed by atoms with Gasteiger partial charge >= 0.3 is 0 Å². The van der Waals surface area contributed by atoms with E-state index in [0.29, 0.717) is 18.1 Å². The Morgan fingerprint density at radius 2 is 2.25 bits per heavy atom. The topological polar surface area (TPSA) is 9.23 Å². The Morgan fingerprint density at radius 3 is 3.12 bits per heavy atom. The van der Waals surface area contributed by atoms with Crippen LogP contribution in [0.4, 0.5) is 4.39 Å². The molecular weight excluding hydrogens is 227 g/mol. The second kappa shape index (κ2) is 4.06. The molecule has 4 atom stereocenters. The summed E-state index contributed by atoms with van der Waals surface area (Å²) < 4.78 is 19.5. The van der Waals surface area contributed by atoms with Crippen molar-refractivity contribution in [2.24, 2.45) is 5.92 Å². The number of ether oxygens (including phenoxy) is 1. The van der Waals surface area contributed by atoms with Gasteiger partial charge in [-0.25, -0.2) is 4.39 Å². The molecule has 3 heteroatoms. The molecular formula is C13H16ClFO. The summed E-state index contributed by atoms with van der Waals surface area (Å²) in [5.74, 6) is 0.983. The zero-order valence-corrected chi connectivity index (χ0v) is 9.92. The molecule has 1 nitrogen and oxygen atoms in total. The summed E-state index contributed by atoms with van der Waals surface area (Å²) in [5.41, 5.74) is 1.11. The van der Waals surface area contributed by atoms with Crippen molar-refractivity contribution in [1.29, 1.82) is 0 Å². The minimum Gasteiger partial charge on any atom is -0.491 e. The van der Waals surface area contributed by atoms with Gasteiger partial charge in [-0.15, -0.1) is 11.6 Å². The van der Waals surface area contributed by atoms with E-state index in [1.165, 1.54) is 0 Å². The third-order valence-corrected chi connectivity index (χ3v) is 4.25. The third-order valence-electron chi connectivity index (χ3n) is 3.86. The van der Waals surface area contributed by atoms with Crippen LogP contribution in [0.5, 0.6) is 0 Å². The molecule has 0 radical (unpaired) electrons. The first-order valence-electron chi connectivity index (χ1n) is 6.11. The number of hydrogen-bond acceptors (Lipinski definition) is 1. The normalized spacial score (nSPS) is 42.4. The average Bonchev–Trinajstić information content (AvgIpc) is 2.49. The predicted molar refractivity (Wildman–Crippen MR) is 62.2 cm³/mol. The Balaban J connectivity index is 1.87. The highest BCUT2D eigenvalue weighted by atomic mass is 35.5. The molecule has 0 N–H and O–H groups in total. The van der Waals surface area contributed by atoms with E-state index in [1.807, 2.05) is 6.08 Å². The molecule has 88 valence electrons. The molecule has 0 saturated heterocycles. The second-order valence-corrected chi connectivity index (χ2v) is 5.57. The first-order chi connectivity index (χ1) is 7.75. The van der Waals surface area contributed by atoms with Gasteiger partial charge in [0.05, 0.1) is 0 Å². The van der Waals surface area contributed by atoms with Crippen LogP contribution in [0.2, 0.25) is 0 Å². The zero-order valence-electron chi connectivity index (χ0n) is 9.16.